The van der Waals surface area contributed by atoms with Crippen LogP contribution < -0.4 is 5.32 Å². The second-order valence-corrected chi connectivity index (χ2v) is 8.86. The summed E-state index contributed by atoms with van der Waals surface area (Å²) in [6, 6.07) is 14.0. The Morgan fingerprint density at radius 3 is 2.88 bits per heavy atom. The summed E-state index contributed by atoms with van der Waals surface area (Å²) in [4.78, 5) is 15.1. The lowest BCUT2D eigenvalue weighted by Crippen LogP contribution is -2.06. The molecule has 7 heteroatoms. The van der Waals surface area contributed by atoms with E-state index in [0.717, 1.165) is 32.2 Å². The Kier molecular flexibility index (Phi) is 3.85. The molecule has 1 aliphatic heterocycles. The van der Waals surface area contributed by atoms with Crippen LogP contribution in [0.3, 0.4) is 0 Å². The Morgan fingerprint density at radius 1 is 1.12 bits per heavy atom. The van der Waals surface area contributed by atoms with Gasteiger partial charge in [0.1, 0.15) is 0 Å². The smallest absolute Gasteiger partial charge is 0.229 e. The molecule has 2 aromatic heterocycles. The Bertz CT molecular complexity index is 1110. The molecule has 0 fully saturated rings. The van der Waals surface area contributed by atoms with E-state index in [4.69, 9.17) is 16.6 Å². The van der Waals surface area contributed by atoms with Crippen molar-refractivity contribution in [3.05, 3.63) is 59.2 Å². The van der Waals surface area contributed by atoms with Crippen molar-refractivity contribution >= 4 is 56.0 Å². The molecule has 0 amide bonds. The van der Waals surface area contributed by atoms with E-state index in [1.165, 1.54) is 4.90 Å². The fraction of sp³-hybridized carbons (Fsp3) is 0.105. The average Bonchev–Trinajstić information content (AvgIpc) is 3.05. The summed E-state index contributed by atoms with van der Waals surface area (Å²) in [6.45, 7) is 2.17. The quantitative estimate of drug-likeness (QED) is 0.429. The molecule has 0 saturated heterocycles. The van der Waals surface area contributed by atoms with Crippen molar-refractivity contribution in [3.8, 4) is 11.3 Å². The molecule has 128 valence electrons. The molecule has 0 spiro atoms. The molecule has 0 aliphatic carbocycles. The monoisotopic (exact) mass is 396 g/mol. The average molecular weight is 397 g/mol. The molecule has 1 aliphatic rings. The molecule has 5 rings (SSSR count). The van der Waals surface area contributed by atoms with Crippen LogP contribution in [0.4, 0.5) is 11.1 Å². The van der Waals surface area contributed by atoms with Crippen LogP contribution in [-0.4, -0.2) is 15.0 Å². The van der Waals surface area contributed by atoms with Crippen molar-refractivity contribution in [2.45, 2.75) is 17.1 Å². The summed E-state index contributed by atoms with van der Waals surface area (Å²) in [6.07, 6.45) is 1.90. The van der Waals surface area contributed by atoms with Crippen molar-refractivity contribution in [1.82, 2.24) is 15.0 Å². The van der Waals surface area contributed by atoms with Crippen molar-refractivity contribution in [2.24, 2.45) is 0 Å². The largest absolute Gasteiger partial charge is 0.300 e. The summed E-state index contributed by atoms with van der Waals surface area (Å²) in [5, 5.41) is 5.05. The topological polar surface area (TPSA) is 50.7 Å². The minimum atomic E-state index is 0.301. The first-order chi connectivity index (χ1) is 12.7. The minimum absolute atomic E-state index is 0.301. The van der Waals surface area contributed by atoms with Crippen molar-refractivity contribution in [1.29, 1.82) is 0 Å². The second kappa shape index (κ2) is 6.23. The minimum Gasteiger partial charge on any atom is -0.300 e. The number of fused-ring (bicyclic) bond motifs is 4. The first kappa shape index (κ1) is 16.1. The summed E-state index contributed by atoms with van der Waals surface area (Å²) in [5.41, 5.74) is 4.09. The van der Waals surface area contributed by atoms with Crippen molar-refractivity contribution in [2.75, 3.05) is 5.32 Å². The molecule has 0 bridgehead atoms. The molecule has 3 heterocycles. The number of aromatic nitrogens is 3. The van der Waals surface area contributed by atoms with Crippen LogP contribution in [0.15, 0.2) is 53.6 Å². The Balaban J connectivity index is 1.57. The molecular formula is C19H13ClN4S2. The van der Waals surface area contributed by atoms with Crippen LogP contribution in [-0.2, 0) is 0 Å². The van der Waals surface area contributed by atoms with E-state index in [1.54, 1.807) is 23.1 Å². The summed E-state index contributed by atoms with van der Waals surface area (Å²) in [7, 11) is 0. The van der Waals surface area contributed by atoms with E-state index >= 15 is 0 Å². The van der Waals surface area contributed by atoms with Gasteiger partial charge in [0.25, 0.3) is 0 Å². The van der Waals surface area contributed by atoms with E-state index in [1.807, 2.05) is 36.5 Å². The van der Waals surface area contributed by atoms with Gasteiger partial charge in [-0.3, -0.25) is 5.32 Å². The van der Waals surface area contributed by atoms with Crippen molar-refractivity contribution < 1.29 is 0 Å². The fourth-order valence-corrected chi connectivity index (χ4v) is 5.17. The summed E-state index contributed by atoms with van der Waals surface area (Å²) in [5.74, 6) is 0.549. The number of para-hydroxylation sites is 1. The van der Waals surface area contributed by atoms with E-state index in [9.17, 15) is 0 Å². The van der Waals surface area contributed by atoms with Gasteiger partial charge in [0.15, 0.2) is 5.13 Å². The Hall–Kier alpha value is -2.15. The number of thiazole rings is 1. The molecule has 1 atom stereocenters. The van der Waals surface area contributed by atoms with Crippen LogP contribution >= 0.6 is 34.7 Å². The fourth-order valence-electron chi connectivity index (χ4n) is 3.03. The highest BCUT2D eigenvalue weighted by atomic mass is 35.5. The third-order valence-electron chi connectivity index (χ3n) is 4.27. The van der Waals surface area contributed by atoms with Crippen LogP contribution in [0.5, 0.6) is 0 Å². The van der Waals surface area contributed by atoms with Crippen LogP contribution in [0.1, 0.15) is 17.7 Å². The van der Waals surface area contributed by atoms with E-state index < -0.39 is 0 Å². The molecule has 26 heavy (non-hydrogen) atoms. The zero-order valence-electron chi connectivity index (χ0n) is 13.7. The maximum Gasteiger partial charge on any atom is 0.229 e. The molecule has 4 nitrogen and oxygen atoms in total. The SMILES string of the molecule is CC1Sc2ccc(Cl)cc2-c2nc(Nc3nc4ccccc4s3)ncc21. The number of halogens is 1. The second-order valence-electron chi connectivity index (χ2n) is 6.01. The Morgan fingerprint density at radius 2 is 2.00 bits per heavy atom. The van der Waals surface area contributed by atoms with E-state index in [-0.39, 0.29) is 0 Å². The number of hydrogen-bond acceptors (Lipinski definition) is 6. The number of rotatable bonds is 2. The van der Waals surface area contributed by atoms with Gasteiger partial charge in [0, 0.05) is 32.5 Å². The molecule has 0 saturated carbocycles. The molecule has 2 aromatic carbocycles. The van der Waals surface area contributed by atoms with Crippen molar-refractivity contribution in [3.63, 3.8) is 0 Å². The van der Waals surface area contributed by atoms with Gasteiger partial charge in [0.05, 0.1) is 15.9 Å². The maximum atomic E-state index is 6.22. The first-order valence-electron chi connectivity index (χ1n) is 8.13. The normalized spacial score (nSPS) is 15.5. The standard InChI is InChI=1S/C19H13ClN4S2/c1-10-13-9-21-18(24-19-22-14-4-2-3-5-16(14)26-19)23-17(13)12-8-11(20)6-7-15(12)25-10/h2-10H,1H3,(H,21,22,23,24). The van der Waals surface area contributed by atoms with Gasteiger partial charge in [-0.1, -0.05) is 35.1 Å². The molecule has 1 unspecified atom stereocenters. The molecule has 0 radical (unpaired) electrons. The lowest BCUT2D eigenvalue weighted by atomic mass is 10.0. The van der Waals surface area contributed by atoms with E-state index in [2.05, 4.69) is 34.3 Å². The highest BCUT2D eigenvalue weighted by Gasteiger charge is 2.25. The van der Waals surface area contributed by atoms with Gasteiger partial charge < -0.3 is 0 Å². The van der Waals surface area contributed by atoms with Crippen LogP contribution in [0, 0.1) is 0 Å². The third kappa shape index (κ3) is 2.74. The van der Waals surface area contributed by atoms with Gasteiger partial charge in [-0.15, -0.1) is 11.8 Å². The maximum absolute atomic E-state index is 6.22. The lowest BCUT2D eigenvalue weighted by molar-refractivity contribution is 1.01. The van der Waals surface area contributed by atoms with Gasteiger partial charge >= 0.3 is 0 Å². The molecular weight excluding hydrogens is 384 g/mol. The molecule has 4 aromatic rings. The Labute approximate surface area is 163 Å². The predicted octanol–water partition coefficient (Wildman–Crippen LogP) is 6.32. The highest BCUT2D eigenvalue weighted by molar-refractivity contribution is 7.99. The van der Waals surface area contributed by atoms with Gasteiger partial charge in [-0.25, -0.2) is 15.0 Å². The van der Waals surface area contributed by atoms with E-state index in [0.29, 0.717) is 16.2 Å². The first-order valence-corrected chi connectivity index (χ1v) is 10.2. The number of nitrogens with one attached hydrogen (secondary N) is 1. The molecule has 1 N–H and O–H groups in total. The number of nitrogens with zero attached hydrogens (tertiary/aromatic N) is 3. The summed E-state index contributed by atoms with van der Waals surface area (Å²) < 4.78 is 1.13. The third-order valence-corrected chi connectivity index (χ3v) is 6.67. The van der Waals surface area contributed by atoms with Gasteiger partial charge in [0.2, 0.25) is 5.95 Å². The lowest BCUT2D eigenvalue weighted by Gasteiger charge is -2.23. The van der Waals surface area contributed by atoms with Gasteiger partial charge in [-0.2, -0.15) is 0 Å². The zero-order valence-corrected chi connectivity index (χ0v) is 16.1. The predicted molar refractivity (Wildman–Crippen MR) is 110 cm³/mol. The number of benzene rings is 2. The highest BCUT2D eigenvalue weighted by Crippen LogP contribution is 2.48. The zero-order chi connectivity index (χ0) is 17.7. The van der Waals surface area contributed by atoms with Crippen LogP contribution in [0.25, 0.3) is 21.5 Å². The number of anilines is 2. The number of hydrogen-bond donors (Lipinski definition) is 1. The summed E-state index contributed by atoms with van der Waals surface area (Å²) >= 11 is 9.62. The van der Waals surface area contributed by atoms with Gasteiger partial charge in [-0.05, 0) is 37.3 Å². The van der Waals surface area contributed by atoms with Crippen LogP contribution in [0.2, 0.25) is 5.02 Å². The number of thioether (sulfide) groups is 1.